The van der Waals surface area contributed by atoms with Crippen LogP contribution in [0.1, 0.15) is 120 Å². The van der Waals surface area contributed by atoms with Gasteiger partial charge in [-0.25, -0.2) is 4.79 Å². The molecule has 7 fully saturated rings. The number of aliphatic hydroxyl groups is 1. The second-order valence-electron chi connectivity index (χ2n) is 19.3. The van der Waals surface area contributed by atoms with Gasteiger partial charge in [0.25, 0.3) is 0 Å². The highest BCUT2D eigenvalue weighted by Crippen LogP contribution is 2.56. The number of aliphatic hydroxyl groups excluding tert-OH is 1. The fourth-order valence-electron chi connectivity index (χ4n) is 12.5. The molecule has 5 atom stereocenters. The van der Waals surface area contributed by atoms with Gasteiger partial charge in [0.1, 0.15) is 0 Å². The Kier molecular flexibility index (Phi) is 9.24. The fraction of sp³-hybridized carbons (Fsp3) is 0.587. The maximum Gasteiger partial charge on any atom is 0.315 e. The Morgan fingerprint density at radius 3 is 2.21 bits per heavy atom. The second kappa shape index (κ2) is 13.8. The van der Waals surface area contributed by atoms with Crippen molar-refractivity contribution in [2.75, 3.05) is 13.1 Å². The Hall–Kier alpha value is -3.23. The molecule has 7 heteroatoms. The number of hydrogen-bond acceptors (Lipinski definition) is 5. The van der Waals surface area contributed by atoms with Gasteiger partial charge in [0.2, 0.25) is 0 Å². The van der Waals surface area contributed by atoms with E-state index in [1.54, 1.807) is 0 Å². The molecule has 3 aromatic rings. The SMILES string of the molecule is CC1(C)CC2CC(C)(CN2CC2CC(c3ccc(CO)cc3)OC(c3cccc(-c4cccc(CNC(=O)NC56CC7CC(CC(C7)C5)C6)c4)c3)O2)C1. The first-order valence-electron chi connectivity index (χ1n) is 20.5. The van der Waals surface area contributed by atoms with Crippen molar-refractivity contribution in [3.63, 3.8) is 0 Å². The number of benzene rings is 3. The number of nitrogens with one attached hydrogen (secondary N) is 2. The van der Waals surface area contributed by atoms with Crippen LogP contribution < -0.4 is 10.6 Å². The minimum atomic E-state index is -0.497. The first kappa shape index (κ1) is 35.5. The smallest absolute Gasteiger partial charge is 0.315 e. The molecule has 5 unspecified atom stereocenters. The van der Waals surface area contributed by atoms with Crippen molar-refractivity contribution >= 4 is 6.03 Å². The van der Waals surface area contributed by atoms with E-state index in [0.717, 1.165) is 89.9 Å². The Morgan fingerprint density at radius 1 is 0.792 bits per heavy atom. The number of likely N-dealkylation sites (tertiary alicyclic amines) is 1. The molecule has 0 radical (unpaired) electrons. The molecule has 5 saturated carbocycles. The summed E-state index contributed by atoms with van der Waals surface area (Å²) in [4.78, 5) is 15.9. The lowest BCUT2D eigenvalue weighted by molar-refractivity contribution is -0.253. The molecule has 2 amide bonds. The van der Waals surface area contributed by atoms with Crippen LogP contribution in [0.4, 0.5) is 4.79 Å². The number of carbonyl (C=O) groups is 1. The van der Waals surface area contributed by atoms with Gasteiger partial charge in [-0.2, -0.15) is 0 Å². The standard InChI is InChI=1S/C46H59N3O4/c1-44(2)23-39-24-45(3,28-44)29-49(39)26-40-19-41(35-12-10-30(27-50)11-13-35)53-42(52-40)38-9-5-8-37(18-38)36-7-4-6-31(17-36)25-47-43(51)48-46-20-32-14-33(21-46)16-34(15-32)22-46/h4-13,17-18,32-34,39-42,50H,14-16,19-29H2,1-3H3,(H2,47,48,51). The van der Waals surface area contributed by atoms with Crippen molar-refractivity contribution in [3.8, 4) is 11.1 Å². The minimum Gasteiger partial charge on any atom is -0.392 e. The van der Waals surface area contributed by atoms with Crippen molar-refractivity contribution in [1.82, 2.24) is 15.5 Å². The van der Waals surface area contributed by atoms with Crippen LogP contribution in [-0.2, 0) is 22.6 Å². The number of rotatable bonds is 9. The van der Waals surface area contributed by atoms with Gasteiger partial charge in [-0.15, -0.1) is 0 Å². The van der Waals surface area contributed by atoms with Crippen molar-refractivity contribution in [1.29, 1.82) is 0 Å². The van der Waals surface area contributed by atoms with Gasteiger partial charge in [0, 0.05) is 43.2 Å². The van der Waals surface area contributed by atoms with Crippen LogP contribution >= 0.6 is 0 Å². The summed E-state index contributed by atoms with van der Waals surface area (Å²) in [5, 5.41) is 16.3. The summed E-state index contributed by atoms with van der Waals surface area (Å²) in [5.41, 5.74) is 7.08. The third-order valence-electron chi connectivity index (χ3n) is 13.9. The van der Waals surface area contributed by atoms with E-state index in [4.69, 9.17) is 9.47 Å². The van der Waals surface area contributed by atoms with Gasteiger partial charge in [0.05, 0.1) is 18.8 Å². The number of nitrogens with zero attached hydrogens (tertiary/aromatic N) is 1. The Bertz CT molecular complexity index is 1770. The van der Waals surface area contributed by atoms with Gasteiger partial charge in [-0.3, -0.25) is 4.90 Å². The van der Waals surface area contributed by atoms with Gasteiger partial charge in [-0.1, -0.05) is 81.4 Å². The average Bonchev–Trinajstić information content (AvgIpc) is 3.36. The summed E-state index contributed by atoms with van der Waals surface area (Å²) in [7, 11) is 0. The molecule has 282 valence electrons. The van der Waals surface area contributed by atoms with Crippen LogP contribution in [0.2, 0.25) is 0 Å². The Morgan fingerprint density at radius 2 is 1.49 bits per heavy atom. The van der Waals surface area contributed by atoms with Crippen LogP contribution in [0, 0.1) is 28.6 Å². The lowest BCUT2D eigenvalue weighted by Crippen LogP contribution is -2.61. The summed E-state index contributed by atoms with van der Waals surface area (Å²) < 4.78 is 13.7. The van der Waals surface area contributed by atoms with Crippen LogP contribution in [-0.4, -0.2) is 46.8 Å². The van der Waals surface area contributed by atoms with E-state index in [-0.39, 0.29) is 30.4 Å². The molecule has 2 saturated heterocycles. The van der Waals surface area contributed by atoms with Gasteiger partial charge < -0.3 is 25.2 Å². The molecular weight excluding hydrogens is 659 g/mol. The van der Waals surface area contributed by atoms with E-state index in [1.165, 1.54) is 38.5 Å². The zero-order chi connectivity index (χ0) is 36.4. The van der Waals surface area contributed by atoms with Crippen LogP contribution in [0.3, 0.4) is 0 Å². The van der Waals surface area contributed by atoms with E-state index in [2.05, 4.69) is 97.0 Å². The highest BCUT2D eigenvalue weighted by atomic mass is 16.7. The first-order chi connectivity index (χ1) is 25.5. The molecule has 2 heterocycles. The predicted octanol–water partition coefficient (Wildman–Crippen LogP) is 9.06. The zero-order valence-corrected chi connectivity index (χ0v) is 32.0. The fourth-order valence-corrected chi connectivity index (χ4v) is 12.5. The molecule has 3 aromatic carbocycles. The lowest BCUT2D eigenvalue weighted by Gasteiger charge is -2.56. The van der Waals surface area contributed by atoms with E-state index in [0.29, 0.717) is 23.4 Å². The summed E-state index contributed by atoms with van der Waals surface area (Å²) in [6, 6.07) is 25.8. The largest absolute Gasteiger partial charge is 0.392 e. The van der Waals surface area contributed by atoms with Crippen molar-refractivity contribution in [3.05, 3.63) is 95.1 Å². The third-order valence-corrected chi connectivity index (χ3v) is 13.9. The Balaban J connectivity index is 0.898. The lowest BCUT2D eigenvalue weighted by atomic mass is 9.53. The third kappa shape index (κ3) is 7.56. The molecule has 10 rings (SSSR count). The molecule has 0 aromatic heterocycles. The van der Waals surface area contributed by atoms with Gasteiger partial charge in [-0.05, 0) is 126 Å². The maximum absolute atomic E-state index is 13.2. The highest BCUT2D eigenvalue weighted by Gasteiger charge is 2.52. The molecule has 5 aliphatic carbocycles. The monoisotopic (exact) mass is 717 g/mol. The second-order valence-corrected chi connectivity index (χ2v) is 19.3. The average molecular weight is 718 g/mol. The predicted molar refractivity (Wildman–Crippen MR) is 208 cm³/mol. The van der Waals surface area contributed by atoms with E-state index < -0.39 is 6.29 Å². The van der Waals surface area contributed by atoms with Gasteiger partial charge in [0.15, 0.2) is 6.29 Å². The number of fused-ring (bicyclic) bond motifs is 2. The summed E-state index contributed by atoms with van der Waals surface area (Å²) >= 11 is 0. The normalized spacial score (nSPS) is 35.7. The highest BCUT2D eigenvalue weighted by molar-refractivity contribution is 5.75. The molecule has 6 bridgehead atoms. The maximum atomic E-state index is 13.2. The molecule has 2 aliphatic heterocycles. The first-order valence-corrected chi connectivity index (χ1v) is 20.5. The van der Waals surface area contributed by atoms with Crippen LogP contribution in [0.25, 0.3) is 11.1 Å². The number of amides is 2. The van der Waals surface area contributed by atoms with Gasteiger partial charge >= 0.3 is 6.03 Å². The topological polar surface area (TPSA) is 83.1 Å². The van der Waals surface area contributed by atoms with E-state index in [1.807, 2.05) is 12.1 Å². The van der Waals surface area contributed by atoms with Crippen molar-refractivity contribution < 1.29 is 19.4 Å². The number of ether oxygens (including phenoxy) is 2. The minimum absolute atomic E-state index is 0.00770. The zero-order valence-electron chi connectivity index (χ0n) is 32.0. The van der Waals surface area contributed by atoms with Crippen LogP contribution in [0.5, 0.6) is 0 Å². The van der Waals surface area contributed by atoms with Crippen LogP contribution in [0.15, 0.2) is 72.8 Å². The van der Waals surface area contributed by atoms with E-state index in [9.17, 15) is 9.90 Å². The number of carbonyl (C=O) groups excluding carboxylic acids is 1. The molecular formula is C46H59N3O4. The quantitative estimate of drug-likeness (QED) is 0.206. The van der Waals surface area contributed by atoms with E-state index >= 15 is 0 Å². The molecule has 53 heavy (non-hydrogen) atoms. The summed E-state index contributed by atoms with van der Waals surface area (Å²) in [6.45, 7) is 9.92. The molecule has 7 aliphatic rings. The number of hydrogen-bond donors (Lipinski definition) is 3. The Labute approximate surface area is 316 Å². The molecule has 7 nitrogen and oxygen atoms in total. The number of urea groups is 1. The summed E-state index contributed by atoms with van der Waals surface area (Å²) in [6.07, 6.45) is 11.6. The molecule has 0 spiro atoms. The molecule has 3 N–H and O–H groups in total. The van der Waals surface area contributed by atoms with Crippen molar-refractivity contribution in [2.45, 2.75) is 128 Å². The summed E-state index contributed by atoms with van der Waals surface area (Å²) in [5.74, 6) is 2.40. The van der Waals surface area contributed by atoms with Crippen molar-refractivity contribution in [2.24, 2.45) is 28.6 Å².